The van der Waals surface area contributed by atoms with Gasteiger partial charge in [-0.05, 0) is 25.0 Å². The number of carbonyl (C=O) groups excluding carboxylic acids is 1. The molecule has 5 nitrogen and oxygen atoms in total. The lowest BCUT2D eigenvalue weighted by atomic mass is 9.95. The molecular weight excluding hydrogens is 343 g/mol. The van der Waals surface area contributed by atoms with Crippen molar-refractivity contribution in [2.45, 2.75) is 18.3 Å². The predicted octanol–water partition coefficient (Wildman–Crippen LogP) is 3.28. The second-order valence-electron chi connectivity index (χ2n) is 6.93. The van der Waals surface area contributed by atoms with E-state index in [0.29, 0.717) is 10.6 Å². The summed E-state index contributed by atoms with van der Waals surface area (Å²) in [5.74, 6) is -0.382. The third kappa shape index (κ3) is 2.28. The number of aromatic nitrogens is 1. The van der Waals surface area contributed by atoms with Crippen molar-refractivity contribution in [1.82, 2.24) is 9.88 Å². The number of benzene rings is 1. The van der Waals surface area contributed by atoms with Crippen molar-refractivity contribution in [2.75, 3.05) is 31.7 Å². The molecule has 0 atom stereocenters. The number of anilines is 2. The Hall–Kier alpha value is -2.34. The summed E-state index contributed by atoms with van der Waals surface area (Å²) in [6, 6.07) is 3.08. The van der Waals surface area contributed by atoms with E-state index in [4.69, 9.17) is 17.3 Å². The number of carbonyl (C=O) groups is 1. The molecule has 1 aliphatic carbocycles. The maximum atomic E-state index is 15.1. The van der Waals surface area contributed by atoms with Crippen LogP contribution in [0.1, 0.15) is 28.8 Å². The van der Waals surface area contributed by atoms with Gasteiger partial charge in [-0.1, -0.05) is 11.6 Å². The molecule has 1 saturated carbocycles. The first-order valence-electron chi connectivity index (χ1n) is 8.08. The standard InChI is InChI=1S/C18H18ClFN4O/c1-24(2)17(25)12-11(21)4-3-9(15(12)20)10-7-22-16-13(14(10)19)18(5-6-18)8-23-16/h3-4,7H,5-6,8,21H2,1-2H3,(H,22,23). The van der Waals surface area contributed by atoms with Gasteiger partial charge in [-0.2, -0.15) is 0 Å². The minimum Gasteiger partial charge on any atom is -0.398 e. The second-order valence-corrected chi connectivity index (χ2v) is 7.31. The molecule has 0 saturated heterocycles. The zero-order chi connectivity index (χ0) is 17.9. The summed E-state index contributed by atoms with van der Waals surface area (Å²) in [6.07, 6.45) is 3.65. The molecule has 2 aliphatic rings. The summed E-state index contributed by atoms with van der Waals surface area (Å²) in [6.45, 7) is 0.813. The van der Waals surface area contributed by atoms with Gasteiger partial charge in [-0.25, -0.2) is 9.37 Å². The lowest BCUT2D eigenvalue weighted by Crippen LogP contribution is -2.24. The minimum absolute atomic E-state index is 0.0298. The molecule has 3 N–H and O–H groups in total. The number of halogens is 2. The van der Waals surface area contributed by atoms with Crippen molar-refractivity contribution >= 4 is 29.0 Å². The van der Waals surface area contributed by atoms with Crippen LogP contribution in [0.4, 0.5) is 15.9 Å². The van der Waals surface area contributed by atoms with Crippen LogP contribution in [-0.4, -0.2) is 36.4 Å². The number of nitrogens with zero attached hydrogens (tertiary/aromatic N) is 2. The molecule has 1 aliphatic heterocycles. The highest BCUT2D eigenvalue weighted by Gasteiger charge is 2.51. The smallest absolute Gasteiger partial charge is 0.258 e. The molecule has 1 spiro atoms. The third-order valence-corrected chi connectivity index (χ3v) is 5.47. The monoisotopic (exact) mass is 360 g/mol. The molecule has 0 bridgehead atoms. The van der Waals surface area contributed by atoms with Gasteiger partial charge >= 0.3 is 0 Å². The van der Waals surface area contributed by atoms with Gasteiger partial charge < -0.3 is 16.0 Å². The van der Waals surface area contributed by atoms with E-state index in [0.717, 1.165) is 30.8 Å². The Labute approximate surface area is 150 Å². The van der Waals surface area contributed by atoms with Crippen LogP contribution in [0, 0.1) is 5.82 Å². The van der Waals surface area contributed by atoms with Gasteiger partial charge in [0.15, 0.2) is 0 Å². The topological polar surface area (TPSA) is 71.2 Å². The molecule has 4 rings (SSSR count). The van der Waals surface area contributed by atoms with Crippen LogP contribution in [0.25, 0.3) is 11.1 Å². The van der Waals surface area contributed by atoms with Crippen molar-refractivity contribution < 1.29 is 9.18 Å². The summed E-state index contributed by atoms with van der Waals surface area (Å²) in [5.41, 5.74) is 7.52. The van der Waals surface area contributed by atoms with Gasteiger partial charge in [0.25, 0.3) is 5.91 Å². The van der Waals surface area contributed by atoms with Crippen LogP contribution < -0.4 is 11.1 Å². The van der Waals surface area contributed by atoms with Gasteiger partial charge in [0, 0.05) is 54.6 Å². The number of nitrogens with two attached hydrogens (primary N) is 1. The van der Waals surface area contributed by atoms with Gasteiger partial charge in [-0.15, -0.1) is 0 Å². The van der Waals surface area contributed by atoms with E-state index in [-0.39, 0.29) is 22.2 Å². The molecule has 1 fully saturated rings. The maximum Gasteiger partial charge on any atom is 0.258 e. The summed E-state index contributed by atoms with van der Waals surface area (Å²) in [5, 5.41) is 3.77. The Morgan fingerprint density at radius 2 is 2.08 bits per heavy atom. The largest absolute Gasteiger partial charge is 0.398 e. The van der Waals surface area contributed by atoms with Gasteiger partial charge in [0.05, 0.1) is 10.6 Å². The average molecular weight is 361 g/mol. The number of nitrogens with one attached hydrogen (secondary N) is 1. The summed E-state index contributed by atoms with van der Waals surface area (Å²) in [7, 11) is 3.11. The van der Waals surface area contributed by atoms with Crippen LogP contribution >= 0.6 is 11.6 Å². The van der Waals surface area contributed by atoms with Gasteiger partial charge in [0.2, 0.25) is 0 Å². The van der Waals surface area contributed by atoms with Gasteiger partial charge in [-0.3, -0.25) is 4.79 Å². The minimum atomic E-state index is -0.668. The van der Waals surface area contributed by atoms with Crippen molar-refractivity contribution in [2.24, 2.45) is 0 Å². The fourth-order valence-electron chi connectivity index (χ4n) is 3.45. The fourth-order valence-corrected chi connectivity index (χ4v) is 3.89. The van der Waals surface area contributed by atoms with Crippen molar-refractivity contribution in [3.05, 3.63) is 40.3 Å². The highest BCUT2D eigenvalue weighted by atomic mass is 35.5. The first-order chi connectivity index (χ1) is 11.9. The van der Waals surface area contributed by atoms with E-state index >= 15 is 4.39 Å². The molecule has 25 heavy (non-hydrogen) atoms. The fraction of sp³-hybridized carbons (Fsp3) is 0.333. The average Bonchev–Trinajstić information content (AvgIpc) is 3.24. The van der Waals surface area contributed by atoms with Crippen molar-refractivity contribution in [1.29, 1.82) is 0 Å². The van der Waals surface area contributed by atoms with Crippen LogP contribution in [0.5, 0.6) is 0 Å². The Morgan fingerprint density at radius 3 is 2.72 bits per heavy atom. The molecule has 0 unspecified atom stereocenters. The maximum absolute atomic E-state index is 15.1. The number of amides is 1. The summed E-state index contributed by atoms with van der Waals surface area (Å²) < 4.78 is 15.1. The zero-order valence-electron chi connectivity index (χ0n) is 14.0. The number of hydrogen-bond acceptors (Lipinski definition) is 4. The van der Waals surface area contributed by atoms with E-state index in [1.54, 1.807) is 26.4 Å². The van der Waals surface area contributed by atoms with E-state index in [9.17, 15) is 4.79 Å². The van der Waals surface area contributed by atoms with E-state index in [1.807, 2.05) is 0 Å². The summed E-state index contributed by atoms with van der Waals surface area (Å²) >= 11 is 6.65. The number of hydrogen-bond donors (Lipinski definition) is 2. The van der Waals surface area contributed by atoms with Crippen molar-refractivity contribution in [3.63, 3.8) is 0 Å². The second kappa shape index (κ2) is 5.33. The van der Waals surface area contributed by atoms with Crippen LogP contribution in [0.3, 0.4) is 0 Å². The third-order valence-electron chi connectivity index (χ3n) is 5.08. The Balaban J connectivity index is 1.90. The molecule has 7 heteroatoms. The highest BCUT2D eigenvalue weighted by molar-refractivity contribution is 6.34. The van der Waals surface area contributed by atoms with E-state index in [1.165, 1.54) is 11.0 Å². The van der Waals surface area contributed by atoms with E-state index in [2.05, 4.69) is 10.3 Å². The molecule has 130 valence electrons. The Bertz CT molecular complexity index is 908. The Kier molecular flexibility index (Phi) is 3.44. The number of nitrogen functional groups attached to an aromatic ring is 1. The molecule has 1 aromatic carbocycles. The molecule has 1 amide bonds. The van der Waals surface area contributed by atoms with Crippen LogP contribution in [0.2, 0.25) is 5.02 Å². The Morgan fingerprint density at radius 1 is 1.36 bits per heavy atom. The van der Waals surface area contributed by atoms with Crippen LogP contribution in [-0.2, 0) is 5.41 Å². The lowest BCUT2D eigenvalue weighted by molar-refractivity contribution is 0.0824. The predicted molar refractivity (Wildman–Crippen MR) is 96.5 cm³/mol. The SMILES string of the molecule is CN(C)C(=O)c1c(N)ccc(-c2cnc3c(c2Cl)C2(CC2)CN3)c1F. The van der Waals surface area contributed by atoms with Crippen molar-refractivity contribution in [3.8, 4) is 11.1 Å². The number of rotatable bonds is 2. The quantitative estimate of drug-likeness (QED) is 0.806. The zero-order valence-corrected chi connectivity index (χ0v) is 14.7. The van der Waals surface area contributed by atoms with Crippen LogP contribution in [0.15, 0.2) is 18.3 Å². The molecule has 0 radical (unpaired) electrons. The highest BCUT2D eigenvalue weighted by Crippen LogP contribution is 2.57. The van der Waals surface area contributed by atoms with E-state index < -0.39 is 11.7 Å². The summed E-state index contributed by atoms with van der Waals surface area (Å²) in [4.78, 5) is 18.0. The first kappa shape index (κ1) is 16.1. The molecule has 2 heterocycles. The molecular formula is C18H18ClFN4O. The number of pyridine rings is 1. The number of fused-ring (bicyclic) bond motifs is 2. The van der Waals surface area contributed by atoms with Gasteiger partial charge in [0.1, 0.15) is 11.6 Å². The molecule has 2 aromatic rings. The normalized spacial score (nSPS) is 16.5. The molecule has 1 aromatic heterocycles. The first-order valence-corrected chi connectivity index (χ1v) is 8.46. The lowest BCUT2D eigenvalue weighted by Gasteiger charge is -2.17.